The van der Waals surface area contributed by atoms with Gasteiger partial charge in [0.2, 0.25) is 0 Å². The van der Waals surface area contributed by atoms with Crippen LogP contribution in [-0.2, 0) is 12.0 Å². The predicted molar refractivity (Wildman–Crippen MR) is 125 cm³/mol. The molecule has 2 aromatic heterocycles. The van der Waals surface area contributed by atoms with E-state index in [0.29, 0.717) is 6.54 Å². The lowest BCUT2D eigenvalue weighted by Crippen LogP contribution is -2.45. The first-order chi connectivity index (χ1) is 13.2. The average molecular weight is 492 g/mol. The van der Waals surface area contributed by atoms with Crippen LogP contribution in [-0.4, -0.2) is 34.2 Å². The van der Waals surface area contributed by atoms with Crippen molar-refractivity contribution in [3.63, 3.8) is 0 Å². The Morgan fingerprint density at radius 3 is 2.39 bits per heavy atom. The second kappa shape index (κ2) is 10.4. The molecule has 150 valence electrons. The highest BCUT2D eigenvalue weighted by molar-refractivity contribution is 14.0. The van der Waals surface area contributed by atoms with Crippen LogP contribution >= 0.6 is 24.0 Å². The Hall–Kier alpha value is -2.16. The van der Waals surface area contributed by atoms with Gasteiger partial charge in [-0.15, -0.1) is 34.2 Å². The van der Waals surface area contributed by atoms with Crippen LogP contribution in [0.5, 0.6) is 0 Å². The Morgan fingerprint density at radius 2 is 1.71 bits per heavy atom. The van der Waals surface area contributed by atoms with E-state index in [1.807, 2.05) is 28.8 Å². The van der Waals surface area contributed by atoms with Gasteiger partial charge in [-0.1, -0.05) is 50.2 Å². The zero-order valence-corrected chi connectivity index (χ0v) is 19.1. The van der Waals surface area contributed by atoms with Gasteiger partial charge in [0, 0.05) is 25.2 Å². The normalized spacial score (nSPS) is 11.9. The molecule has 0 aliphatic rings. The fourth-order valence-electron chi connectivity index (χ4n) is 3.45. The minimum Gasteiger partial charge on any atom is -0.356 e. The molecule has 7 heteroatoms. The van der Waals surface area contributed by atoms with Gasteiger partial charge >= 0.3 is 0 Å². The molecule has 0 saturated carbocycles. The second-order valence-electron chi connectivity index (χ2n) is 6.68. The van der Waals surface area contributed by atoms with Gasteiger partial charge in [-0.25, -0.2) is 0 Å². The van der Waals surface area contributed by atoms with E-state index in [0.717, 1.165) is 36.8 Å². The number of hydrogen-bond donors (Lipinski definition) is 2. The second-order valence-corrected chi connectivity index (χ2v) is 6.68. The molecule has 0 fully saturated rings. The fourth-order valence-corrected chi connectivity index (χ4v) is 3.45. The molecule has 0 amide bonds. The van der Waals surface area contributed by atoms with Crippen LogP contribution in [0.3, 0.4) is 0 Å². The first kappa shape index (κ1) is 22.1. The molecule has 2 N–H and O–H groups in total. The SMILES string of the molecule is CCC(CC)(CNC(=NC)NCc1nnc2ccccn12)c1ccccc1.I. The highest BCUT2D eigenvalue weighted by Crippen LogP contribution is 2.30. The summed E-state index contributed by atoms with van der Waals surface area (Å²) in [5, 5.41) is 15.3. The van der Waals surface area contributed by atoms with Crippen molar-refractivity contribution in [2.75, 3.05) is 13.6 Å². The standard InChI is InChI=1S/C21H28N6.HI/c1-4-21(5-2,17-11-7-6-8-12-17)16-24-20(22-3)23-15-19-26-25-18-13-9-10-14-27(18)19;/h6-14H,4-5,15-16H2,1-3H3,(H2,22,23,24);1H. The molecule has 28 heavy (non-hydrogen) atoms. The third-order valence-corrected chi connectivity index (χ3v) is 5.36. The first-order valence-electron chi connectivity index (χ1n) is 9.51. The van der Waals surface area contributed by atoms with E-state index in [1.165, 1.54) is 5.56 Å². The average Bonchev–Trinajstić information content (AvgIpc) is 3.15. The zero-order valence-electron chi connectivity index (χ0n) is 16.7. The van der Waals surface area contributed by atoms with Crippen LogP contribution in [0.4, 0.5) is 0 Å². The topological polar surface area (TPSA) is 66.6 Å². The largest absolute Gasteiger partial charge is 0.356 e. The minimum absolute atomic E-state index is 0. The van der Waals surface area contributed by atoms with Crippen LogP contribution in [0.25, 0.3) is 5.65 Å². The van der Waals surface area contributed by atoms with E-state index in [9.17, 15) is 0 Å². The van der Waals surface area contributed by atoms with Crippen LogP contribution in [0.2, 0.25) is 0 Å². The number of halogens is 1. The molecular weight excluding hydrogens is 463 g/mol. The monoisotopic (exact) mass is 492 g/mol. The summed E-state index contributed by atoms with van der Waals surface area (Å²) in [7, 11) is 1.79. The fraction of sp³-hybridized carbons (Fsp3) is 0.381. The Morgan fingerprint density at radius 1 is 1.00 bits per heavy atom. The Labute approximate surface area is 183 Å². The van der Waals surface area contributed by atoms with Crippen molar-refractivity contribution >= 4 is 35.6 Å². The number of fused-ring (bicyclic) bond motifs is 1. The molecule has 1 aromatic carbocycles. The smallest absolute Gasteiger partial charge is 0.191 e. The summed E-state index contributed by atoms with van der Waals surface area (Å²) >= 11 is 0. The lowest BCUT2D eigenvalue weighted by atomic mass is 9.76. The van der Waals surface area contributed by atoms with Crippen molar-refractivity contribution in [3.05, 3.63) is 66.1 Å². The van der Waals surface area contributed by atoms with E-state index in [-0.39, 0.29) is 29.4 Å². The van der Waals surface area contributed by atoms with Crippen molar-refractivity contribution in [1.82, 2.24) is 25.2 Å². The molecule has 0 aliphatic heterocycles. The molecular formula is C21H29IN6. The summed E-state index contributed by atoms with van der Waals surface area (Å²) in [6, 6.07) is 16.6. The third kappa shape index (κ3) is 4.81. The molecule has 0 radical (unpaired) electrons. The van der Waals surface area contributed by atoms with Crippen molar-refractivity contribution in [2.45, 2.75) is 38.6 Å². The molecule has 3 rings (SSSR count). The van der Waals surface area contributed by atoms with Gasteiger partial charge < -0.3 is 10.6 Å². The van der Waals surface area contributed by atoms with Gasteiger partial charge in [-0.05, 0) is 30.5 Å². The molecule has 0 unspecified atom stereocenters. The van der Waals surface area contributed by atoms with Gasteiger partial charge in [-0.3, -0.25) is 9.39 Å². The van der Waals surface area contributed by atoms with Crippen LogP contribution < -0.4 is 10.6 Å². The molecule has 0 atom stereocenters. The summed E-state index contributed by atoms with van der Waals surface area (Å²) in [6.07, 6.45) is 4.09. The van der Waals surface area contributed by atoms with E-state index >= 15 is 0 Å². The van der Waals surface area contributed by atoms with Crippen LogP contribution in [0.1, 0.15) is 38.1 Å². The van der Waals surface area contributed by atoms with Crippen LogP contribution in [0.15, 0.2) is 59.7 Å². The quantitative estimate of drug-likeness (QED) is 0.300. The maximum absolute atomic E-state index is 4.37. The van der Waals surface area contributed by atoms with E-state index in [1.54, 1.807) is 7.05 Å². The molecule has 0 spiro atoms. The summed E-state index contributed by atoms with van der Waals surface area (Å²) in [5.41, 5.74) is 2.29. The van der Waals surface area contributed by atoms with Gasteiger partial charge in [0.15, 0.2) is 17.4 Å². The summed E-state index contributed by atoms with van der Waals surface area (Å²) in [6.45, 7) is 5.87. The number of aliphatic imine (C=N–C) groups is 1. The number of benzene rings is 1. The summed E-state index contributed by atoms with van der Waals surface area (Å²) in [4.78, 5) is 4.37. The minimum atomic E-state index is 0. The molecule has 6 nitrogen and oxygen atoms in total. The number of nitrogens with one attached hydrogen (secondary N) is 2. The summed E-state index contributed by atoms with van der Waals surface area (Å²) < 4.78 is 1.98. The molecule has 0 aliphatic carbocycles. The van der Waals surface area contributed by atoms with Gasteiger partial charge in [0.1, 0.15) is 0 Å². The summed E-state index contributed by atoms with van der Waals surface area (Å²) in [5.74, 6) is 1.62. The number of aromatic nitrogens is 3. The molecule has 2 heterocycles. The number of guanidine groups is 1. The lowest BCUT2D eigenvalue weighted by Gasteiger charge is -2.33. The third-order valence-electron chi connectivity index (χ3n) is 5.36. The Bertz CT molecular complexity index is 886. The van der Waals surface area contributed by atoms with Crippen LogP contribution in [0, 0.1) is 0 Å². The molecule has 0 bridgehead atoms. The maximum atomic E-state index is 4.37. The number of rotatable bonds is 7. The number of pyridine rings is 1. The van der Waals surface area contributed by atoms with E-state index < -0.39 is 0 Å². The molecule has 0 saturated heterocycles. The van der Waals surface area contributed by atoms with Crippen molar-refractivity contribution in [3.8, 4) is 0 Å². The number of hydrogen-bond acceptors (Lipinski definition) is 3. The van der Waals surface area contributed by atoms with Crippen molar-refractivity contribution in [2.24, 2.45) is 4.99 Å². The predicted octanol–water partition coefficient (Wildman–Crippen LogP) is 3.77. The first-order valence-corrected chi connectivity index (χ1v) is 9.51. The number of nitrogens with zero attached hydrogens (tertiary/aromatic N) is 4. The Kier molecular flexibility index (Phi) is 8.22. The molecule has 3 aromatic rings. The van der Waals surface area contributed by atoms with Gasteiger partial charge in [0.05, 0.1) is 6.54 Å². The van der Waals surface area contributed by atoms with E-state index in [2.05, 4.69) is 70.0 Å². The lowest BCUT2D eigenvalue weighted by molar-refractivity contribution is 0.389. The maximum Gasteiger partial charge on any atom is 0.191 e. The highest BCUT2D eigenvalue weighted by Gasteiger charge is 2.28. The Balaban J connectivity index is 0.00000280. The van der Waals surface area contributed by atoms with Gasteiger partial charge in [-0.2, -0.15) is 0 Å². The van der Waals surface area contributed by atoms with Crippen molar-refractivity contribution < 1.29 is 0 Å². The highest BCUT2D eigenvalue weighted by atomic mass is 127. The zero-order chi connectivity index (χ0) is 19.1. The van der Waals surface area contributed by atoms with E-state index in [4.69, 9.17) is 0 Å². The van der Waals surface area contributed by atoms with Gasteiger partial charge in [0.25, 0.3) is 0 Å². The van der Waals surface area contributed by atoms with Crippen molar-refractivity contribution in [1.29, 1.82) is 0 Å².